The van der Waals surface area contributed by atoms with Gasteiger partial charge in [0.15, 0.2) is 0 Å². The number of ether oxygens (including phenoxy) is 1. The molecule has 3 aromatic heterocycles. The average Bonchev–Trinajstić information content (AvgIpc) is 3.59. The molecule has 0 saturated carbocycles. The van der Waals surface area contributed by atoms with Gasteiger partial charge >= 0.3 is 21.1 Å². The fraction of sp³-hybridized carbons (Fsp3) is 0.273. The van der Waals surface area contributed by atoms with Gasteiger partial charge in [-0.15, -0.1) is 35.7 Å². The summed E-state index contributed by atoms with van der Waals surface area (Å²) in [5.74, 6) is 2.10. The maximum absolute atomic E-state index is 6.49. The van der Waals surface area contributed by atoms with Crippen LogP contribution in [0.3, 0.4) is 0 Å². The maximum atomic E-state index is 6.49. The second kappa shape index (κ2) is 14.8. The van der Waals surface area contributed by atoms with Crippen molar-refractivity contribution in [3.63, 3.8) is 0 Å². The van der Waals surface area contributed by atoms with E-state index in [9.17, 15) is 0 Å². The molecule has 256 valence electrons. The molecule has 50 heavy (non-hydrogen) atoms. The number of unbranched alkanes of at least 4 members (excludes halogenated alkanes) is 3. The predicted molar refractivity (Wildman–Crippen MR) is 201 cm³/mol. The van der Waals surface area contributed by atoms with Crippen LogP contribution in [0.5, 0.6) is 11.5 Å². The molecule has 0 aliphatic heterocycles. The van der Waals surface area contributed by atoms with Crippen LogP contribution in [-0.4, -0.2) is 19.3 Å². The van der Waals surface area contributed by atoms with Crippen LogP contribution in [0.15, 0.2) is 97.2 Å². The monoisotopic (exact) mass is 839 g/mol. The second-order valence-corrected chi connectivity index (χ2v) is 14.1. The van der Waals surface area contributed by atoms with Crippen LogP contribution in [0, 0.1) is 26.0 Å². The zero-order valence-electron chi connectivity index (χ0n) is 29.8. The van der Waals surface area contributed by atoms with Crippen molar-refractivity contribution in [1.29, 1.82) is 0 Å². The number of benzene rings is 4. The van der Waals surface area contributed by atoms with E-state index in [1.54, 1.807) is 0 Å². The molecule has 0 aliphatic rings. The Morgan fingerprint density at radius 3 is 2.36 bits per heavy atom. The van der Waals surface area contributed by atoms with Crippen LogP contribution in [0.2, 0.25) is 0 Å². The molecular weight excluding hydrogens is 796 g/mol. The summed E-state index contributed by atoms with van der Waals surface area (Å²) >= 11 is 0. The van der Waals surface area contributed by atoms with Crippen LogP contribution in [0.25, 0.3) is 44.4 Å². The van der Waals surface area contributed by atoms with E-state index in [1.165, 1.54) is 42.2 Å². The Balaban J connectivity index is 0.00000432. The predicted octanol–water partition coefficient (Wildman–Crippen LogP) is 11.5. The van der Waals surface area contributed by atoms with Gasteiger partial charge in [0, 0.05) is 34.5 Å². The quantitative estimate of drug-likeness (QED) is 0.102. The number of rotatable bonds is 10. The van der Waals surface area contributed by atoms with Crippen molar-refractivity contribution in [2.24, 2.45) is 0 Å². The number of pyridine rings is 1. The number of hydrogen-bond donors (Lipinski definition) is 0. The minimum absolute atomic E-state index is 0. The largest absolute Gasteiger partial charge is 2.00 e. The van der Waals surface area contributed by atoms with Gasteiger partial charge in [0.2, 0.25) is 0 Å². The van der Waals surface area contributed by atoms with E-state index in [1.807, 2.05) is 41.2 Å². The molecule has 7 aromatic rings. The first-order chi connectivity index (χ1) is 23.7. The van der Waals surface area contributed by atoms with E-state index in [-0.39, 0.29) is 26.5 Å². The molecule has 0 saturated heterocycles. The van der Waals surface area contributed by atoms with Crippen molar-refractivity contribution >= 4 is 21.8 Å². The van der Waals surface area contributed by atoms with Gasteiger partial charge in [0.05, 0.1) is 5.69 Å². The second-order valence-electron chi connectivity index (χ2n) is 14.1. The molecule has 6 heteroatoms. The normalized spacial score (nSPS) is 11.6. The summed E-state index contributed by atoms with van der Waals surface area (Å²) in [7, 11) is 0. The van der Waals surface area contributed by atoms with Crippen LogP contribution in [-0.2, 0) is 32.9 Å². The van der Waals surface area contributed by atoms with E-state index in [4.69, 9.17) is 14.8 Å². The van der Waals surface area contributed by atoms with E-state index in [0.717, 1.165) is 56.9 Å². The third-order valence-corrected chi connectivity index (χ3v) is 9.43. The molecule has 7 rings (SSSR count). The molecule has 0 unspecified atom stereocenters. The van der Waals surface area contributed by atoms with Gasteiger partial charge < -0.3 is 9.30 Å². The maximum Gasteiger partial charge on any atom is 2.00 e. The van der Waals surface area contributed by atoms with Crippen molar-refractivity contribution in [2.75, 3.05) is 0 Å². The number of aryl methyl sites for hydroxylation is 2. The summed E-state index contributed by atoms with van der Waals surface area (Å²) in [5.41, 5.74) is 9.80. The fourth-order valence-corrected chi connectivity index (χ4v) is 6.83. The van der Waals surface area contributed by atoms with E-state index in [2.05, 4.69) is 119 Å². The third kappa shape index (κ3) is 7.07. The Morgan fingerprint density at radius 2 is 1.58 bits per heavy atom. The Kier molecular flexibility index (Phi) is 10.5. The molecular formula is C44H44N4OPt. The van der Waals surface area contributed by atoms with Crippen molar-refractivity contribution < 1.29 is 25.8 Å². The summed E-state index contributed by atoms with van der Waals surface area (Å²) < 4.78 is 10.7. The fourth-order valence-electron chi connectivity index (χ4n) is 6.83. The summed E-state index contributed by atoms with van der Waals surface area (Å²) in [6, 6.07) is 38.8. The van der Waals surface area contributed by atoms with Crippen LogP contribution >= 0.6 is 0 Å². The first kappa shape index (κ1) is 35.4. The molecule has 0 radical (unpaired) electrons. The van der Waals surface area contributed by atoms with E-state index < -0.39 is 0 Å². The van der Waals surface area contributed by atoms with Crippen LogP contribution in [0.4, 0.5) is 0 Å². The zero-order chi connectivity index (χ0) is 34.1. The number of fused-ring (bicyclic) bond motifs is 3. The molecule has 0 atom stereocenters. The van der Waals surface area contributed by atoms with Gasteiger partial charge in [0.25, 0.3) is 0 Å². The summed E-state index contributed by atoms with van der Waals surface area (Å²) in [5, 5.41) is 7.23. The molecule has 4 aromatic carbocycles. The van der Waals surface area contributed by atoms with Gasteiger partial charge in [-0.1, -0.05) is 94.9 Å². The Labute approximate surface area is 310 Å². The van der Waals surface area contributed by atoms with Crippen LogP contribution < -0.4 is 4.74 Å². The van der Waals surface area contributed by atoms with E-state index in [0.29, 0.717) is 11.5 Å². The SMILES string of the molecule is CCCCCCc1ccc2c(c1)c1ccc(Oc3[c-]c(-n4nc(C)c(-c5ccccc5)c4C)ccc3)[c-]c1n2-c1cc(C(C)(C)C)ccn1.[Pt+2]. The number of hydrogen-bond acceptors (Lipinski definition) is 3. The summed E-state index contributed by atoms with van der Waals surface area (Å²) in [6.45, 7) is 13.1. The van der Waals surface area contributed by atoms with Crippen molar-refractivity contribution in [1.82, 2.24) is 19.3 Å². The average molecular weight is 840 g/mol. The molecule has 0 spiro atoms. The van der Waals surface area contributed by atoms with Crippen molar-refractivity contribution in [2.45, 2.75) is 79.1 Å². The minimum Gasteiger partial charge on any atom is -0.509 e. The Bertz CT molecular complexity index is 2260. The Morgan fingerprint density at radius 1 is 0.780 bits per heavy atom. The van der Waals surface area contributed by atoms with Gasteiger partial charge in [-0.25, -0.2) is 4.98 Å². The topological polar surface area (TPSA) is 44.9 Å². The first-order valence-electron chi connectivity index (χ1n) is 17.5. The standard InChI is InChI=1S/C44H44N4O.Pt/c1-7-8-9-11-15-32-20-23-40-39(26-32)38-22-21-37(29-41(38)47(40)42-27-34(24-25-45-42)44(4,5)6)49-36-19-14-18-35(28-36)48-31(3)43(30(2)46-48)33-16-12-10-13-17-33;/h10,12-14,16-27H,7-9,11,15H2,1-6H3;/q-2;+2. The smallest absolute Gasteiger partial charge is 0.509 e. The van der Waals surface area contributed by atoms with Crippen molar-refractivity contribution in [3.05, 3.63) is 132 Å². The first-order valence-corrected chi connectivity index (χ1v) is 17.5. The third-order valence-electron chi connectivity index (χ3n) is 9.43. The molecule has 5 nitrogen and oxygen atoms in total. The molecule has 0 fully saturated rings. The molecule has 0 N–H and O–H groups in total. The molecule has 3 heterocycles. The molecule has 0 aliphatic carbocycles. The number of aromatic nitrogens is 4. The van der Waals surface area contributed by atoms with Gasteiger partial charge in [-0.05, 0) is 78.1 Å². The van der Waals surface area contributed by atoms with Crippen LogP contribution in [0.1, 0.15) is 75.9 Å². The summed E-state index contributed by atoms with van der Waals surface area (Å²) in [6.07, 6.45) is 8.00. The van der Waals surface area contributed by atoms with Gasteiger partial charge in [0.1, 0.15) is 5.82 Å². The van der Waals surface area contributed by atoms with Crippen molar-refractivity contribution in [3.8, 4) is 34.1 Å². The number of nitrogens with zero attached hydrogens (tertiary/aromatic N) is 4. The van der Waals surface area contributed by atoms with Gasteiger partial charge in [-0.3, -0.25) is 4.68 Å². The zero-order valence-corrected chi connectivity index (χ0v) is 32.1. The van der Waals surface area contributed by atoms with Gasteiger partial charge in [-0.2, -0.15) is 17.2 Å². The van der Waals surface area contributed by atoms with E-state index >= 15 is 0 Å². The molecule has 0 amide bonds. The minimum atomic E-state index is -0.00568. The molecule has 0 bridgehead atoms. The Hall–Kier alpha value is -4.47. The summed E-state index contributed by atoms with van der Waals surface area (Å²) in [4.78, 5) is 4.87.